The van der Waals surface area contributed by atoms with E-state index in [4.69, 9.17) is 4.74 Å². The van der Waals surface area contributed by atoms with Crippen molar-refractivity contribution in [3.05, 3.63) is 71.7 Å². The molecule has 1 saturated heterocycles. The molecule has 0 radical (unpaired) electrons. The zero-order valence-electron chi connectivity index (χ0n) is 20.2. The lowest BCUT2D eigenvalue weighted by Gasteiger charge is -2.35. The minimum absolute atomic E-state index is 0.0847. The predicted molar refractivity (Wildman–Crippen MR) is 139 cm³/mol. The summed E-state index contributed by atoms with van der Waals surface area (Å²) in [5.41, 5.74) is 2.99. The molecule has 4 heterocycles. The summed E-state index contributed by atoms with van der Waals surface area (Å²) in [6, 6.07) is 12.6. The number of halogens is 1. The van der Waals surface area contributed by atoms with Crippen molar-refractivity contribution >= 4 is 35.1 Å². The number of ether oxygens (including phenoxy) is 1. The van der Waals surface area contributed by atoms with E-state index in [0.29, 0.717) is 17.1 Å². The number of piperidine rings is 1. The number of anilines is 2. The highest BCUT2D eigenvalue weighted by Gasteiger charge is 2.47. The van der Waals surface area contributed by atoms with Gasteiger partial charge in [0.05, 0.1) is 17.4 Å². The van der Waals surface area contributed by atoms with E-state index in [1.54, 1.807) is 53.6 Å². The van der Waals surface area contributed by atoms with Gasteiger partial charge in [0, 0.05) is 24.3 Å². The van der Waals surface area contributed by atoms with Crippen molar-refractivity contribution in [2.75, 3.05) is 18.0 Å². The smallest absolute Gasteiger partial charge is 0.327 e. The zero-order valence-corrected chi connectivity index (χ0v) is 21.0. The number of thioether (sulfide) groups is 1. The number of pyridine rings is 1. The molecule has 2 aromatic carbocycles. The number of nitrogens with zero attached hydrogens (tertiary/aromatic N) is 2. The number of hydrogen-bond acceptors (Lipinski definition) is 6. The summed E-state index contributed by atoms with van der Waals surface area (Å²) in [7, 11) is 0. The van der Waals surface area contributed by atoms with Crippen molar-refractivity contribution in [2.45, 2.75) is 42.1 Å². The molecule has 3 N–H and O–H groups in total. The van der Waals surface area contributed by atoms with Crippen LogP contribution in [0.5, 0.6) is 11.5 Å². The normalized spacial score (nSPS) is 22.3. The number of nitrogens with one attached hydrogen (secondary N) is 3. The number of benzene rings is 2. The van der Waals surface area contributed by atoms with Crippen molar-refractivity contribution in [2.24, 2.45) is 0 Å². The van der Waals surface area contributed by atoms with Gasteiger partial charge in [-0.1, -0.05) is 23.9 Å². The molecule has 3 atom stereocenters. The third-order valence-electron chi connectivity index (χ3n) is 6.88. The second kappa shape index (κ2) is 9.68. The van der Waals surface area contributed by atoms with Crippen molar-refractivity contribution in [3.63, 3.8) is 0 Å². The number of carbonyl (C=O) groups excluding carboxylic acids is 2. The lowest BCUT2D eigenvalue weighted by atomic mass is 9.99. The molecule has 0 spiro atoms. The second-order valence-electron chi connectivity index (χ2n) is 9.38. The lowest BCUT2D eigenvalue weighted by molar-refractivity contribution is -0.121. The first kappa shape index (κ1) is 23.7. The molecule has 1 aromatic heterocycles. The van der Waals surface area contributed by atoms with Crippen LogP contribution < -0.4 is 25.6 Å². The second-order valence-corrected chi connectivity index (χ2v) is 10.5. The summed E-state index contributed by atoms with van der Waals surface area (Å²) in [6.45, 7) is 3.58. The number of carbonyl (C=O) groups is 2. The van der Waals surface area contributed by atoms with Gasteiger partial charge in [-0.05, 0) is 68.3 Å². The fourth-order valence-electron chi connectivity index (χ4n) is 5.12. The fourth-order valence-corrected chi connectivity index (χ4v) is 6.36. The van der Waals surface area contributed by atoms with Crippen LogP contribution in [0.4, 0.5) is 20.6 Å². The molecular weight excluding hydrogens is 493 g/mol. The highest BCUT2D eigenvalue weighted by atomic mass is 32.2. The maximum absolute atomic E-state index is 14.0. The van der Waals surface area contributed by atoms with Gasteiger partial charge >= 0.3 is 6.03 Å². The van der Waals surface area contributed by atoms with Crippen molar-refractivity contribution in [1.29, 1.82) is 0 Å². The van der Waals surface area contributed by atoms with E-state index in [2.05, 4.69) is 20.9 Å². The van der Waals surface area contributed by atoms with E-state index in [0.717, 1.165) is 42.1 Å². The minimum Gasteiger partial charge on any atom is -0.454 e. The Balaban J connectivity index is 1.27. The predicted octanol–water partition coefficient (Wildman–Crippen LogP) is 4.57. The molecule has 10 heteroatoms. The van der Waals surface area contributed by atoms with Crippen LogP contribution in [0.1, 0.15) is 30.0 Å². The van der Waals surface area contributed by atoms with Crippen LogP contribution >= 0.6 is 11.8 Å². The van der Waals surface area contributed by atoms with Crippen molar-refractivity contribution in [3.8, 4) is 11.5 Å². The summed E-state index contributed by atoms with van der Waals surface area (Å²) in [5.74, 6) is 0.0534. The summed E-state index contributed by atoms with van der Waals surface area (Å²) in [4.78, 5) is 32.8. The van der Waals surface area contributed by atoms with Crippen LogP contribution in [0, 0.1) is 12.7 Å². The van der Waals surface area contributed by atoms with Crippen LogP contribution in [-0.2, 0) is 4.79 Å². The van der Waals surface area contributed by atoms with Gasteiger partial charge in [0.15, 0.2) is 11.6 Å². The first-order valence-corrected chi connectivity index (χ1v) is 13.2. The maximum Gasteiger partial charge on any atom is 0.327 e. The molecule has 3 amide bonds. The van der Waals surface area contributed by atoms with Crippen LogP contribution in [0.2, 0.25) is 0 Å². The van der Waals surface area contributed by atoms with Gasteiger partial charge in [-0.25, -0.2) is 14.2 Å². The number of amides is 3. The Labute approximate surface area is 218 Å². The Bertz CT molecular complexity index is 1380. The average molecular weight is 520 g/mol. The summed E-state index contributed by atoms with van der Waals surface area (Å²) in [6.07, 6.45) is 3.63. The van der Waals surface area contributed by atoms with Crippen LogP contribution in [0.3, 0.4) is 0 Å². The third kappa shape index (κ3) is 4.40. The van der Waals surface area contributed by atoms with Crippen molar-refractivity contribution < 1.29 is 18.7 Å². The number of aryl methyl sites for hydroxylation is 1. The molecule has 1 fully saturated rings. The summed E-state index contributed by atoms with van der Waals surface area (Å²) >= 11 is 1.39. The number of hydrogen-bond donors (Lipinski definition) is 3. The van der Waals surface area contributed by atoms with Gasteiger partial charge < -0.3 is 20.7 Å². The SMILES string of the molecule is Cc1cc(Oc2ccccc2F)ccc1N1C(=O)NC2c3c1ccnc3S[C@H]2C(=O)NC1CCCNC1. The number of para-hydroxylation sites is 1. The maximum atomic E-state index is 14.0. The third-order valence-corrected chi connectivity index (χ3v) is 8.17. The molecule has 3 aliphatic rings. The van der Waals surface area contributed by atoms with Gasteiger partial charge in [-0.3, -0.25) is 9.69 Å². The molecule has 3 aromatic rings. The van der Waals surface area contributed by atoms with Crippen LogP contribution in [-0.4, -0.2) is 41.3 Å². The number of aromatic nitrogens is 1. The number of urea groups is 1. The number of rotatable bonds is 5. The van der Waals surface area contributed by atoms with E-state index in [9.17, 15) is 14.0 Å². The van der Waals surface area contributed by atoms with Crippen LogP contribution in [0.15, 0.2) is 59.8 Å². The minimum atomic E-state index is -0.491. The quantitative estimate of drug-likeness (QED) is 0.457. The first-order chi connectivity index (χ1) is 18.0. The largest absolute Gasteiger partial charge is 0.454 e. The average Bonchev–Trinajstić information content (AvgIpc) is 3.27. The first-order valence-electron chi connectivity index (χ1n) is 12.3. The van der Waals surface area contributed by atoms with E-state index >= 15 is 0 Å². The molecule has 37 heavy (non-hydrogen) atoms. The Morgan fingerprint density at radius 2 is 2.08 bits per heavy atom. The van der Waals surface area contributed by atoms with E-state index in [1.807, 2.05) is 6.92 Å². The Kier molecular flexibility index (Phi) is 6.21. The Morgan fingerprint density at radius 1 is 1.22 bits per heavy atom. The summed E-state index contributed by atoms with van der Waals surface area (Å²) < 4.78 is 19.8. The molecule has 0 aliphatic carbocycles. The van der Waals surface area contributed by atoms with E-state index < -0.39 is 17.1 Å². The molecule has 8 nitrogen and oxygen atoms in total. The van der Waals surface area contributed by atoms with Crippen molar-refractivity contribution in [1.82, 2.24) is 20.9 Å². The summed E-state index contributed by atoms with van der Waals surface area (Å²) in [5, 5.41) is 9.76. The topological polar surface area (TPSA) is 95.6 Å². The monoisotopic (exact) mass is 519 g/mol. The van der Waals surface area contributed by atoms with Crippen LogP contribution in [0.25, 0.3) is 0 Å². The molecule has 3 aliphatic heterocycles. The van der Waals surface area contributed by atoms with Gasteiger partial charge in [0.25, 0.3) is 0 Å². The Hall–Kier alpha value is -3.63. The van der Waals surface area contributed by atoms with Gasteiger partial charge in [-0.15, -0.1) is 0 Å². The highest BCUT2D eigenvalue weighted by Crippen LogP contribution is 2.51. The molecule has 190 valence electrons. The fraction of sp³-hybridized carbons (Fsp3) is 0.296. The Morgan fingerprint density at radius 3 is 2.86 bits per heavy atom. The highest BCUT2D eigenvalue weighted by molar-refractivity contribution is 8.01. The zero-order chi connectivity index (χ0) is 25.5. The molecule has 2 unspecified atom stereocenters. The van der Waals surface area contributed by atoms with Gasteiger partial charge in [0.1, 0.15) is 16.0 Å². The van der Waals surface area contributed by atoms with E-state index in [1.165, 1.54) is 17.8 Å². The van der Waals surface area contributed by atoms with Gasteiger partial charge in [-0.2, -0.15) is 0 Å². The van der Waals surface area contributed by atoms with Gasteiger partial charge in [0.2, 0.25) is 5.91 Å². The standard InChI is InChI=1S/C27H26FN5O3S/c1-15-13-17(36-21-7-3-2-6-18(21)28)8-9-19(15)33-20-10-12-30-26-22(20)23(32-27(33)35)24(37-26)25(34)31-16-5-4-11-29-14-16/h2-3,6-10,12-13,16,23-24,29H,4-5,11,14H2,1H3,(H,31,34)(H,32,35)/t16?,23?,24-/m1/s1. The molecule has 0 saturated carbocycles. The molecule has 6 rings (SSSR count). The van der Waals surface area contributed by atoms with E-state index in [-0.39, 0.29) is 23.7 Å². The molecular formula is C27H26FN5O3S. The lowest BCUT2D eigenvalue weighted by Crippen LogP contribution is -2.52. The molecule has 0 bridgehead atoms.